The Morgan fingerprint density at radius 2 is 1.89 bits per heavy atom. The Kier molecular flexibility index (Phi) is 7.67. The molecule has 0 radical (unpaired) electrons. The van der Waals surface area contributed by atoms with Gasteiger partial charge < -0.3 is 18.8 Å². The minimum atomic E-state index is -1.13. The van der Waals surface area contributed by atoms with Gasteiger partial charge in [-0.25, -0.2) is 4.79 Å². The molecule has 192 valence electrons. The SMILES string of the molecule is COc1ccc(Cl)cc1-c1nnc(S/C(=C\c2cn(Cc3ccc(Cl)c(Cl)c3)c3ccccc23)C(=O)O)o1. The van der Waals surface area contributed by atoms with E-state index in [9.17, 15) is 9.90 Å². The van der Waals surface area contributed by atoms with Crippen molar-refractivity contribution in [1.82, 2.24) is 14.8 Å². The maximum Gasteiger partial charge on any atom is 0.342 e. The van der Waals surface area contributed by atoms with Crippen LogP contribution in [0.4, 0.5) is 0 Å². The number of benzene rings is 3. The third-order valence-corrected chi connectivity index (χ3v) is 7.48. The van der Waals surface area contributed by atoms with E-state index in [0.717, 1.165) is 33.8 Å². The van der Waals surface area contributed by atoms with Crippen LogP contribution in [0.25, 0.3) is 28.4 Å². The largest absolute Gasteiger partial charge is 0.496 e. The molecule has 0 aliphatic heterocycles. The number of para-hydroxylation sites is 1. The number of aromatic nitrogens is 3. The van der Waals surface area contributed by atoms with Crippen molar-refractivity contribution >= 4 is 69.5 Å². The van der Waals surface area contributed by atoms with Crippen molar-refractivity contribution < 1.29 is 19.1 Å². The molecule has 0 saturated heterocycles. The van der Waals surface area contributed by atoms with Crippen molar-refractivity contribution in [3.8, 4) is 17.2 Å². The molecule has 11 heteroatoms. The number of ether oxygens (including phenoxy) is 1. The standard InChI is InChI=1S/C27H18Cl3N3O4S/c1-36-23-9-7-17(28)12-19(23)25-31-32-27(37-25)38-24(26(34)35)11-16-14-33(22-5-3-2-4-18(16)22)13-15-6-8-20(29)21(30)10-15/h2-12,14H,13H2,1H3,(H,34,35)/b24-11-. The van der Waals surface area contributed by atoms with Crippen LogP contribution in [-0.4, -0.2) is 33.0 Å². The minimum absolute atomic E-state index is 0.00991. The third-order valence-electron chi connectivity index (χ3n) is 5.65. The zero-order chi connectivity index (χ0) is 26.8. The van der Waals surface area contributed by atoms with Crippen LogP contribution in [0.5, 0.6) is 5.75 Å². The summed E-state index contributed by atoms with van der Waals surface area (Å²) in [6, 6.07) is 18.2. The fourth-order valence-corrected chi connectivity index (χ4v) is 5.09. The van der Waals surface area contributed by atoms with Gasteiger partial charge in [-0.2, -0.15) is 0 Å². The number of carboxylic acids is 1. The zero-order valence-corrected chi connectivity index (χ0v) is 22.8. The van der Waals surface area contributed by atoms with Crippen molar-refractivity contribution in [1.29, 1.82) is 0 Å². The molecule has 5 aromatic rings. The highest BCUT2D eigenvalue weighted by atomic mass is 35.5. The molecule has 38 heavy (non-hydrogen) atoms. The van der Waals surface area contributed by atoms with E-state index < -0.39 is 5.97 Å². The highest BCUT2D eigenvalue weighted by Gasteiger charge is 2.19. The molecule has 0 saturated carbocycles. The lowest BCUT2D eigenvalue weighted by Crippen LogP contribution is -1.98. The average Bonchev–Trinajstić information content (AvgIpc) is 3.51. The van der Waals surface area contributed by atoms with E-state index in [1.165, 1.54) is 7.11 Å². The number of rotatable bonds is 8. The van der Waals surface area contributed by atoms with Crippen LogP contribution < -0.4 is 4.74 Å². The predicted octanol–water partition coefficient (Wildman–Crippen LogP) is 7.93. The van der Waals surface area contributed by atoms with E-state index in [4.69, 9.17) is 44.0 Å². The molecular weight excluding hydrogens is 569 g/mol. The van der Waals surface area contributed by atoms with E-state index in [1.807, 2.05) is 47.2 Å². The minimum Gasteiger partial charge on any atom is -0.496 e. The normalized spacial score (nSPS) is 11.7. The van der Waals surface area contributed by atoms with Crippen LogP contribution in [0, 0.1) is 0 Å². The first-order valence-corrected chi connectivity index (χ1v) is 13.1. The Morgan fingerprint density at radius 1 is 1.08 bits per heavy atom. The van der Waals surface area contributed by atoms with Gasteiger partial charge in [-0.15, -0.1) is 10.2 Å². The number of thioether (sulfide) groups is 1. The summed E-state index contributed by atoms with van der Waals surface area (Å²) in [6.45, 7) is 0.523. The number of hydrogen-bond donors (Lipinski definition) is 1. The highest BCUT2D eigenvalue weighted by molar-refractivity contribution is 8.03. The number of nitrogens with zero attached hydrogens (tertiary/aromatic N) is 3. The number of fused-ring (bicyclic) bond motifs is 1. The first-order valence-electron chi connectivity index (χ1n) is 11.1. The summed E-state index contributed by atoms with van der Waals surface area (Å²) in [6.07, 6.45) is 3.48. The summed E-state index contributed by atoms with van der Waals surface area (Å²) in [7, 11) is 1.52. The van der Waals surface area contributed by atoms with Crippen LogP contribution >= 0.6 is 46.6 Å². The maximum atomic E-state index is 12.2. The first-order chi connectivity index (χ1) is 18.3. The number of carboxylic acid groups (broad SMARTS) is 1. The van der Waals surface area contributed by atoms with Crippen LogP contribution in [0.3, 0.4) is 0 Å². The summed E-state index contributed by atoms with van der Waals surface area (Å²) in [5.74, 6) is -0.468. The van der Waals surface area contributed by atoms with Gasteiger partial charge in [-0.3, -0.25) is 0 Å². The molecular formula is C27H18Cl3N3O4S. The summed E-state index contributed by atoms with van der Waals surface area (Å²) >= 11 is 19.2. The van der Waals surface area contributed by atoms with Crippen molar-refractivity contribution in [3.63, 3.8) is 0 Å². The number of methoxy groups -OCH3 is 1. The van der Waals surface area contributed by atoms with Gasteiger partial charge in [0, 0.05) is 34.2 Å². The van der Waals surface area contributed by atoms with Gasteiger partial charge in [0.15, 0.2) is 0 Å². The monoisotopic (exact) mass is 585 g/mol. The van der Waals surface area contributed by atoms with E-state index in [0.29, 0.717) is 32.9 Å². The van der Waals surface area contributed by atoms with Crippen LogP contribution in [0.1, 0.15) is 11.1 Å². The number of carbonyl (C=O) groups is 1. The molecule has 0 amide bonds. The molecule has 3 aromatic carbocycles. The molecule has 0 unspecified atom stereocenters. The Hall–Kier alpha value is -3.43. The summed E-state index contributed by atoms with van der Waals surface area (Å²) in [5.41, 5.74) is 3.12. The maximum absolute atomic E-state index is 12.2. The topological polar surface area (TPSA) is 90.4 Å². The van der Waals surface area contributed by atoms with Crippen molar-refractivity contribution in [3.05, 3.63) is 98.0 Å². The van der Waals surface area contributed by atoms with Gasteiger partial charge >= 0.3 is 5.97 Å². The average molecular weight is 587 g/mol. The highest BCUT2D eigenvalue weighted by Crippen LogP contribution is 2.36. The molecule has 0 aliphatic rings. The number of hydrogen-bond acceptors (Lipinski definition) is 6. The second kappa shape index (κ2) is 11.1. The molecule has 2 heterocycles. The molecule has 2 aromatic heterocycles. The smallest absolute Gasteiger partial charge is 0.342 e. The van der Waals surface area contributed by atoms with Gasteiger partial charge in [0.05, 0.1) is 22.7 Å². The van der Waals surface area contributed by atoms with Crippen LogP contribution in [0.15, 0.2) is 81.4 Å². The number of aliphatic carboxylic acids is 1. The lowest BCUT2D eigenvalue weighted by molar-refractivity contribution is -0.131. The predicted molar refractivity (Wildman–Crippen MR) is 150 cm³/mol. The third kappa shape index (κ3) is 5.54. The van der Waals surface area contributed by atoms with Crippen LogP contribution in [0.2, 0.25) is 15.1 Å². The summed E-state index contributed by atoms with van der Waals surface area (Å²) in [5, 5.41) is 20.4. The van der Waals surface area contributed by atoms with Crippen molar-refractivity contribution in [2.75, 3.05) is 7.11 Å². The van der Waals surface area contributed by atoms with Gasteiger partial charge in [0.1, 0.15) is 10.7 Å². The fourth-order valence-electron chi connectivity index (χ4n) is 3.93. The molecule has 7 nitrogen and oxygen atoms in total. The first kappa shape index (κ1) is 26.2. The number of halogens is 3. The summed E-state index contributed by atoms with van der Waals surface area (Å²) in [4.78, 5) is 12.2. The molecule has 0 bridgehead atoms. The molecule has 5 rings (SSSR count). The molecule has 0 aliphatic carbocycles. The Bertz CT molecular complexity index is 1700. The van der Waals surface area contributed by atoms with Crippen molar-refractivity contribution in [2.45, 2.75) is 11.8 Å². The lowest BCUT2D eigenvalue weighted by atomic mass is 10.1. The van der Waals surface area contributed by atoms with Gasteiger partial charge in [0.2, 0.25) is 0 Å². The fraction of sp³-hybridized carbons (Fsp3) is 0.0741. The Balaban J connectivity index is 1.48. The van der Waals surface area contributed by atoms with E-state index in [1.54, 1.807) is 30.3 Å². The van der Waals surface area contributed by atoms with E-state index >= 15 is 0 Å². The van der Waals surface area contributed by atoms with Gasteiger partial charge in [0.25, 0.3) is 11.1 Å². The lowest BCUT2D eigenvalue weighted by Gasteiger charge is -2.06. The van der Waals surface area contributed by atoms with E-state index in [2.05, 4.69) is 10.2 Å². The second-order valence-corrected chi connectivity index (χ2v) is 10.4. The van der Waals surface area contributed by atoms with Crippen LogP contribution in [-0.2, 0) is 11.3 Å². The quantitative estimate of drug-likeness (QED) is 0.146. The molecule has 0 fully saturated rings. The van der Waals surface area contributed by atoms with Gasteiger partial charge in [-0.05, 0) is 59.8 Å². The molecule has 0 atom stereocenters. The second-order valence-electron chi connectivity index (χ2n) is 8.11. The Morgan fingerprint density at radius 3 is 2.66 bits per heavy atom. The zero-order valence-electron chi connectivity index (χ0n) is 19.7. The Labute approximate surface area is 236 Å². The summed E-state index contributed by atoms with van der Waals surface area (Å²) < 4.78 is 13.1. The van der Waals surface area contributed by atoms with E-state index in [-0.39, 0.29) is 16.0 Å². The van der Waals surface area contributed by atoms with Crippen molar-refractivity contribution in [2.24, 2.45) is 0 Å². The van der Waals surface area contributed by atoms with Gasteiger partial charge in [-0.1, -0.05) is 59.1 Å². The molecule has 1 N–H and O–H groups in total. The molecule has 0 spiro atoms.